The maximum Gasteiger partial charge on any atom is 0.303 e. The van der Waals surface area contributed by atoms with Crippen molar-refractivity contribution in [2.24, 2.45) is 0 Å². The van der Waals surface area contributed by atoms with Gasteiger partial charge in [0.25, 0.3) is 0 Å². The predicted molar refractivity (Wildman–Crippen MR) is 164 cm³/mol. The molecule has 8 heteroatoms. The summed E-state index contributed by atoms with van der Waals surface area (Å²) in [5, 5.41) is 9.17. The van der Waals surface area contributed by atoms with Gasteiger partial charge in [-0.25, -0.2) is 0 Å². The maximum atomic E-state index is 11.2. The smallest absolute Gasteiger partial charge is 0.303 e. The van der Waals surface area contributed by atoms with Crippen molar-refractivity contribution < 1.29 is 19.4 Å². The SMILES string of the molecule is CCN(CCCC(=O)O)c1cc(OC)c(C2=C3C=CC(N(C)C)C=C3Oc3cc(N(C)C)ccc32)cc1N(C)C. The fourth-order valence-electron chi connectivity index (χ4n) is 5.23. The lowest BCUT2D eigenvalue weighted by Crippen LogP contribution is -2.28. The number of fused-ring (bicyclic) bond motifs is 2. The van der Waals surface area contributed by atoms with Gasteiger partial charge in [0.1, 0.15) is 17.3 Å². The number of aliphatic carboxylic acids is 1. The number of carbonyl (C=O) groups is 1. The van der Waals surface area contributed by atoms with Crippen molar-refractivity contribution in [1.82, 2.24) is 4.90 Å². The molecule has 0 saturated carbocycles. The van der Waals surface area contributed by atoms with Crippen LogP contribution in [0.3, 0.4) is 0 Å². The van der Waals surface area contributed by atoms with Gasteiger partial charge in [-0.2, -0.15) is 0 Å². The number of hydrogen-bond donors (Lipinski definition) is 1. The van der Waals surface area contributed by atoms with E-state index in [1.807, 2.05) is 28.2 Å². The molecule has 0 amide bonds. The van der Waals surface area contributed by atoms with Gasteiger partial charge in [0.15, 0.2) is 0 Å². The predicted octanol–water partition coefficient (Wildman–Crippen LogP) is 5.10. The first-order valence-electron chi connectivity index (χ1n) is 13.7. The molecule has 0 fully saturated rings. The molecule has 2 aromatic rings. The molecule has 0 radical (unpaired) electrons. The van der Waals surface area contributed by atoms with Gasteiger partial charge in [0.05, 0.1) is 18.5 Å². The Morgan fingerprint density at radius 2 is 1.75 bits per heavy atom. The van der Waals surface area contributed by atoms with Gasteiger partial charge in [-0.1, -0.05) is 12.2 Å². The van der Waals surface area contributed by atoms with Crippen LogP contribution in [-0.4, -0.2) is 84.5 Å². The molecule has 0 aromatic heterocycles. The average molecular weight is 547 g/mol. The topological polar surface area (TPSA) is 68.7 Å². The number of carboxylic acid groups (broad SMARTS) is 1. The van der Waals surface area contributed by atoms with Gasteiger partial charge in [0, 0.05) is 93.8 Å². The van der Waals surface area contributed by atoms with E-state index in [0.717, 1.165) is 63.1 Å². The molecular formula is C32H42N4O4. The Morgan fingerprint density at radius 1 is 1.00 bits per heavy atom. The number of nitrogens with zero attached hydrogens (tertiary/aromatic N) is 4. The molecule has 1 unspecified atom stereocenters. The van der Waals surface area contributed by atoms with E-state index < -0.39 is 5.97 Å². The molecule has 4 rings (SSSR count). The van der Waals surface area contributed by atoms with Crippen molar-refractivity contribution >= 4 is 28.6 Å². The number of anilines is 3. The van der Waals surface area contributed by atoms with Gasteiger partial charge >= 0.3 is 5.97 Å². The summed E-state index contributed by atoms with van der Waals surface area (Å²) >= 11 is 0. The third kappa shape index (κ3) is 5.82. The zero-order chi connectivity index (χ0) is 29.1. The highest BCUT2D eigenvalue weighted by atomic mass is 16.5. The van der Waals surface area contributed by atoms with Crippen molar-refractivity contribution in [3.05, 3.63) is 71.0 Å². The van der Waals surface area contributed by atoms with Crippen molar-refractivity contribution in [2.45, 2.75) is 25.8 Å². The van der Waals surface area contributed by atoms with Crippen molar-refractivity contribution in [3.63, 3.8) is 0 Å². The summed E-state index contributed by atoms with van der Waals surface area (Å²) < 4.78 is 12.6. The first kappa shape index (κ1) is 29.1. The number of hydrogen-bond acceptors (Lipinski definition) is 7. The van der Waals surface area contributed by atoms with E-state index in [1.165, 1.54) is 0 Å². The number of ether oxygens (including phenoxy) is 2. The highest BCUT2D eigenvalue weighted by Crippen LogP contribution is 2.48. The van der Waals surface area contributed by atoms with Crippen LogP contribution in [0.25, 0.3) is 5.57 Å². The largest absolute Gasteiger partial charge is 0.496 e. The van der Waals surface area contributed by atoms with Crippen LogP contribution in [0.5, 0.6) is 11.5 Å². The van der Waals surface area contributed by atoms with Crippen LogP contribution in [0.2, 0.25) is 0 Å². The normalized spacial score (nSPS) is 15.7. The molecular weight excluding hydrogens is 504 g/mol. The summed E-state index contributed by atoms with van der Waals surface area (Å²) in [6.45, 7) is 3.49. The van der Waals surface area contributed by atoms with Gasteiger partial charge in [-0.05, 0) is 51.7 Å². The lowest BCUT2D eigenvalue weighted by atomic mass is 9.86. The second kappa shape index (κ2) is 12.1. The van der Waals surface area contributed by atoms with Crippen molar-refractivity contribution in [3.8, 4) is 11.5 Å². The molecule has 214 valence electrons. The van der Waals surface area contributed by atoms with Crippen LogP contribution >= 0.6 is 0 Å². The Labute approximate surface area is 238 Å². The van der Waals surface area contributed by atoms with Gasteiger partial charge in [0.2, 0.25) is 0 Å². The number of allylic oxidation sites excluding steroid dienone is 1. The first-order valence-corrected chi connectivity index (χ1v) is 13.7. The number of methoxy groups -OCH3 is 1. The Balaban J connectivity index is 1.93. The number of benzene rings is 2. The lowest BCUT2D eigenvalue weighted by Gasteiger charge is -2.33. The molecule has 8 nitrogen and oxygen atoms in total. The van der Waals surface area contributed by atoms with E-state index >= 15 is 0 Å². The number of carboxylic acids is 1. The lowest BCUT2D eigenvalue weighted by molar-refractivity contribution is -0.137. The molecule has 40 heavy (non-hydrogen) atoms. The Kier molecular flexibility index (Phi) is 8.79. The molecule has 1 atom stereocenters. The zero-order valence-corrected chi connectivity index (χ0v) is 25.0. The molecule has 2 aliphatic rings. The van der Waals surface area contributed by atoms with E-state index in [-0.39, 0.29) is 12.5 Å². The van der Waals surface area contributed by atoms with Crippen LogP contribution in [-0.2, 0) is 4.79 Å². The Hall–Kier alpha value is -3.91. The maximum absolute atomic E-state index is 11.2. The summed E-state index contributed by atoms with van der Waals surface area (Å²) in [5.74, 6) is 1.62. The van der Waals surface area contributed by atoms with Crippen LogP contribution < -0.4 is 24.2 Å². The zero-order valence-electron chi connectivity index (χ0n) is 25.0. The molecule has 1 aliphatic carbocycles. The third-order valence-corrected chi connectivity index (χ3v) is 7.47. The Bertz CT molecular complexity index is 1360. The summed E-state index contributed by atoms with van der Waals surface area (Å²) in [6.07, 6.45) is 7.22. The molecule has 2 aromatic carbocycles. The van der Waals surface area contributed by atoms with Crippen LogP contribution in [0.15, 0.2) is 59.9 Å². The van der Waals surface area contributed by atoms with Crippen molar-refractivity contribution in [2.75, 3.05) is 77.2 Å². The summed E-state index contributed by atoms with van der Waals surface area (Å²) in [5.41, 5.74) is 7.19. The van der Waals surface area contributed by atoms with Gasteiger partial charge in [-0.3, -0.25) is 9.69 Å². The fourth-order valence-corrected chi connectivity index (χ4v) is 5.23. The quantitative estimate of drug-likeness (QED) is 0.418. The summed E-state index contributed by atoms with van der Waals surface area (Å²) in [7, 11) is 13.9. The minimum absolute atomic E-state index is 0.129. The fraction of sp³-hybridized carbons (Fsp3) is 0.406. The van der Waals surface area contributed by atoms with E-state index in [2.05, 4.69) is 89.2 Å². The second-order valence-electron chi connectivity index (χ2n) is 10.8. The minimum atomic E-state index is -0.776. The third-order valence-electron chi connectivity index (χ3n) is 7.47. The molecule has 0 saturated heterocycles. The number of rotatable bonds is 11. The summed E-state index contributed by atoms with van der Waals surface area (Å²) in [6, 6.07) is 10.7. The van der Waals surface area contributed by atoms with Crippen molar-refractivity contribution in [1.29, 1.82) is 0 Å². The van der Waals surface area contributed by atoms with Crippen LogP contribution in [0.1, 0.15) is 30.9 Å². The molecule has 0 bridgehead atoms. The minimum Gasteiger partial charge on any atom is -0.496 e. The van der Waals surface area contributed by atoms with Gasteiger partial charge in [-0.15, -0.1) is 0 Å². The molecule has 0 spiro atoms. The highest BCUT2D eigenvalue weighted by Gasteiger charge is 2.30. The van der Waals surface area contributed by atoms with Crippen LogP contribution in [0, 0.1) is 0 Å². The van der Waals surface area contributed by atoms with E-state index in [0.29, 0.717) is 13.0 Å². The second-order valence-corrected chi connectivity index (χ2v) is 10.8. The molecule has 1 heterocycles. The number of likely N-dealkylation sites (N-methyl/N-ethyl adjacent to an activating group) is 1. The first-order chi connectivity index (χ1) is 19.0. The standard InChI is InChI=1S/C32H42N4O4/c1-9-36(16-10-11-31(37)38)27-20-28(39-8)25(19-26(27)35(6)7)32-23-14-12-21(33(2)3)17-29(23)40-30-18-22(34(4)5)13-15-24(30)32/h12-15,17-21H,9-11,16H2,1-8H3,(H,37,38). The monoisotopic (exact) mass is 546 g/mol. The van der Waals surface area contributed by atoms with Crippen LogP contribution in [0.4, 0.5) is 17.1 Å². The highest BCUT2D eigenvalue weighted by molar-refractivity contribution is 5.95. The molecule has 1 N–H and O–H groups in total. The average Bonchev–Trinajstić information content (AvgIpc) is 2.92. The van der Waals surface area contributed by atoms with E-state index in [1.54, 1.807) is 7.11 Å². The van der Waals surface area contributed by atoms with Gasteiger partial charge < -0.3 is 29.3 Å². The molecule has 1 aliphatic heterocycles. The van der Waals surface area contributed by atoms with E-state index in [4.69, 9.17) is 14.6 Å². The van der Waals surface area contributed by atoms with E-state index in [9.17, 15) is 4.79 Å². The Morgan fingerprint density at radius 3 is 2.35 bits per heavy atom. The summed E-state index contributed by atoms with van der Waals surface area (Å²) in [4.78, 5) is 19.7.